The van der Waals surface area contributed by atoms with Gasteiger partial charge in [-0.15, -0.1) is 0 Å². The smallest absolute Gasteiger partial charge is 0.0685 e. The fraction of sp³-hybridized carbons (Fsp3) is 0.556. The number of fused-ring (bicyclic) bond motifs is 2. The highest BCUT2D eigenvalue weighted by Gasteiger charge is 2.58. The monoisotopic (exact) mass is 284 g/mol. The Morgan fingerprint density at radius 1 is 1.33 bits per heavy atom. The zero-order valence-corrected chi connectivity index (χ0v) is 12.9. The SMILES string of the molecule is CC1(C)[C@H](NCCc2c[nH]c3ccccc23)[C@@H]2CCO[C@@H]21. The minimum Gasteiger partial charge on any atom is -0.377 e. The molecule has 1 saturated heterocycles. The molecule has 1 aromatic heterocycles. The van der Waals surface area contributed by atoms with E-state index in [2.05, 4.69) is 54.6 Å². The summed E-state index contributed by atoms with van der Waals surface area (Å²) in [5.41, 5.74) is 2.93. The van der Waals surface area contributed by atoms with Crippen molar-refractivity contribution in [3.63, 3.8) is 0 Å². The van der Waals surface area contributed by atoms with Crippen molar-refractivity contribution in [2.75, 3.05) is 13.2 Å². The third kappa shape index (κ3) is 2.02. The second kappa shape index (κ2) is 4.85. The van der Waals surface area contributed by atoms with Gasteiger partial charge in [-0.2, -0.15) is 0 Å². The summed E-state index contributed by atoms with van der Waals surface area (Å²) in [4.78, 5) is 3.36. The Bertz CT molecular complexity index is 645. The molecule has 1 saturated carbocycles. The van der Waals surface area contributed by atoms with Crippen molar-refractivity contribution in [3.8, 4) is 0 Å². The van der Waals surface area contributed by atoms with Gasteiger partial charge in [0.05, 0.1) is 6.10 Å². The van der Waals surface area contributed by atoms with E-state index >= 15 is 0 Å². The molecule has 2 aromatic rings. The molecule has 2 heterocycles. The lowest BCUT2D eigenvalue weighted by atomic mass is 9.57. The molecule has 0 spiro atoms. The number of aromatic nitrogens is 1. The van der Waals surface area contributed by atoms with Gasteiger partial charge in [0.15, 0.2) is 0 Å². The number of benzene rings is 1. The second-order valence-corrected chi connectivity index (χ2v) is 7.11. The zero-order valence-electron chi connectivity index (χ0n) is 12.9. The van der Waals surface area contributed by atoms with Crippen molar-refractivity contribution in [1.82, 2.24) is 10.3 Å². The van der Waals surface area contributed by atoms with E-state index in [9.17, 15) is 0 Å². The van der Waals surface area contributed by atoms with Crippen molar-refractivity contribution in [3.05, 3.63) is 36.0 Å². The number of hydrogen-bond acceptors (Lipinski definition) is 2. The van der Waals surface area contributed by atoms with Gasteiger partial charge in [-0.05, 0) is 31.0 Å². The Morgan fingerprint density at radius 3 is 3.10 bits per heavy atom. The summed E-state index contributed by atoms with van der Waals surface area (Å²) in [5, 5.41) is 5.15. The minimum absolute atomic E-state index is 0.279. The third-order valence-corrected chi connectivity index (χ3v) is 5.53. The lowest BCUT2D eigenvalue weighted by molar-refractivity contribution is -0.112. The molecule has 21 heavy (non-hydrogen) atoms. The van der Waals surface area contributed by atoms with E-state index in [1.54, 1.807) is 0 Å². The van der Waals surface area contributed by atoms with E-state index in [0.717, 1.165) is 25.5 Å². The molecular weight excluding hydrogens is 260 g/mol. The summed E-state index contributed by atoms with van der Waals surface area (Å²) >= 11 is 0. The second-order valence-electron chi connectivity index (χ2n) is 7.11. The van der Waals surface area contributed by atoms with E-state index in [4.69, 9.17) is 4.74 Å². The van der Waals surface area contributed by atoms with Crippen LogP contribution < -0.4 is 5.32 Å². The van der Waals surface area contributed by atoms with Crippen LogP contribution in [-0.4, -0.2) is 30.3 Å². The zero-order chi connectivity index (χ0) is 14.4. The van der Waals surface area contributed by atoms with E-state index in [1.807, 2.05) is 0 Å². The Labute approximate surface area is 126 Å². The van der Waals surface area contributed by atoms with Gasteiger partial charge in [0.2, 0.25) is 0 Å². The minimum atomic E-state index is 0.279. The normalized spacial score (nSPS) is 30.3. The average molecular weight is 284 g/mol. The molecule has 0 amide bonds. The van der Waals surface area contributed by atoms with Crippen molar-refractivity contribution in [2.45, 2.75) is 38.8 Å². The molecule has 1 aromatic carbocycles. The maximum atomic E-state index is 5.86. The number of ether oxygens (including phenoxy) is 1. The number of aromatic amines is 1. The number of nitrogens with one attached hydrogen (secondary N) is 2. The van der Waals surface area contributed by atoms with Crippen LogP contribution >= 0.6 is 0 Å². The molecule has 3 nitrogen and oxygen atoms in total. The standard InChI is InChI=1S/C18H24N2O/c1-18(2)16(14-8-10-21-17(14)18)19-9-7-12-11-20-15-6-4-3-5-13(12)15/h3-6,11,14,16-17,19-20H,7-10H2,1-2H3/t14-,16+,17-/m0/s1. The van der Waals surface area contributed by atoms with Gasteiger partial charge in [-0.25, -0.2) is 0 Å². The molecule has 0 bridgehead atoms. The van der Waals surface area contributed by atoms with Crippen LogP contribution in [0.5, 0.6) is 0 Å². The summed E-state index contributed by atoms with van der Waals surface area (Å²) in [6, 6.07) is 9.15. The first-order valence-electron chi connectivity index (χ1n) is 8.08. The average Bonchev–Trinajstić information content (AvgIpc) is 3.09. The fourth-order valence-electron chi connectivity index (χ4n) is 4.44. The molecule has 0 radical (unpaired) electrons. The molecule has 1 aliphatic heterocycles. The summed E-state index contributed by atoms with van der Waals surface area (Å²) in [6.45, 7) is 6.66. The lowest BCUT2D eigenvalue weighted by Gasteiger charge is -2.55. The quantitative estimate of drug-likeness (QED) is 0.905. The van der Waals surface area contributed by atoms with Crippen LogP contribution in [0.2, 0.25) is 0 Å². The van der Waals surface area contributed by atoms with Crippen molar-refractivity contribution >= 4 is 10.9 Å². The predicted octanol–water partition coefficient (Wildman–Crippen LogP) is 3.11. The number of H-pyrrole nitrogens is 1. The first kappa shape index (κ1) is 13.4. The topological polar surface area (TPSA) is 37.0 Å². The van der Waals surface area contributed by atoms with Gasteiger partial charge in [0, 0.05) is 41.1 Å². The van der Waals surface area contributed by atoms with Gasteiger partial charge < -0.3 is 15.0 Å². The predicted molar refractivity (Wildman–Crippen MR) is 85.4 cm³/mol. The summed E-state index contributed by atoms with van der Waals surface area (Å²) in [7, 11) is 0. The van der Waals surface area contributed by atoms with Crippen molar-refractivity contribution in [1.29, 1.82) is 0 Å². The van der Waals surface area contributed by atoms with E-state index in [0.29, 0.717) is 12.1 Å². The molecule has 3 heteroatoms. The Balaban J connectivity index is 1.40. The van der Waals surface area contributed by atoms with Crippen LogP contribution in [0.3, 0.4) is 0 Å². The molecule has 2 fully saturated rings. The number of rotatable bonds is 4. The first-order valence-corrected chi connectivity index (χ1v) is 8.08. The Kier molecular flexibility index (Phi) is 3.09. The Hall–Kier alpha value is -1.32. The van der Waals surface area contributed by atoms with Gasteiger partial charge in [-0.3, -0.25) is 0 Å². The molecule has 0 unspecified atom stereocenters. The van der Waals surface area contributed by atoms with E-state index in [1.165, 1.54) is 22.9 Å². The molecule has 3 atom stereocenters. The highest BCUT2D eigenvalue weighted by Crippen LogP contribution is 2.52. The summed E-state index contributed by atoms with van der Waals surface area (Å²) < 4.78 is 5.86. The van der Waals surface area contributed by atoms with Gasteiger partial charge >= 0.3 is 0 Å². The lowest BCUT2D eigenvalue weighted by Crippen LogP contribution is -2.66. The third-order valence-electron chi connectivity index (χ3n) is 5.53. The highest BCUT2D eigenvalue weighted by molar-refractivity contribution is 5.83. The van der Waals surface area contributed by atoms with Crippen molar-refractivity contribution in [2.24, 2.45) is 11.3 Å². The fourth-order valence-corrected chi connectivity index (χ4v) is 4.44. The van der Waals surface area contributed by atoms with Crippen LogP contribution in [0.4, 0.5) is 0 Å². The molecule has 1 aliphatic carbocycles. The van der Waals surface area contributed by atoms with Crippen molar-refractivity contribution < 1.29 is 4.74 Å². The molecule has 2 aliphatic rings. The largest absolute Gasteiger partial charge is 0.377 e. The van der Waals surface area contributed by atoms with Crippen LogP contribution in [-0.2, 0) is 11.2 Å². The molecule has 2 N–H and O–H groups in total. The van der Waals surface area contributed by atoms with E-state index < -0.39 is 0 Å². The maximum Gasteiger partial charge on any atom is 0.0685 e. The van der Waals surface area contributed by atoms with Crippen LogP contribution in [0.25, 0.3) is 10.9 Å². The van der Waals surface area contributed by atoms with E-state index in [-0.39, 0.29) is 5.41 Å². The number of para-hydroxylation sites is 1. The van der Waals surface area contributed by atoms with Gasteiger partial charge in [-0.1, -0.05) is 32.0 Å². The summed E-state index contributed by atoms with van der Waals surface area (Å²) in [5.74, 6) is 0.725. The Morgan fingerprint density at radius 2 is 2.19 bits per heavy atom. The molecular formula is C18H24N2O. The molecule has 4 rings (SSSR count). The van der Waals surface area contributed by atoms with Crippen LogP contribution in [0, 0.1) is 11.3 Å². The molecule has 112 valence electrons. The highest BCUT2D eigenvalue weighted by atomic mass is 16.5. The first-order chi connectivity index (χ1) is 10.2. The van der Waals surface area contributed by atoms with Gasteiger partial charge in [0.1, 0.15) is 0 Å². The van der Waals surface area contributed by atoms with Crippen LogP contribution in [0.15, 0.2) is 30.5 Å². The number of hydrogen-bond donors (Lipinski definition) is 2. The summed E-state index contributed by atoms with van der Waals surface area (Å²) in [6.07, 6.45) is 4.93. The maximum absolute atomic E-state index is 5.86. The van der Waals surface area contributed by atoms with Gasteiger partial charge in [0.25, 0.3) is 0 Å². The van der Waals surface area contributed by atoms with Crippen LogP contribution in [0.1, 0.15) is 25.8 Å².